The summed E-state index contributed by atoms with van der Waals surface area (Å²) < 4.78 is 50.0. The largest absolute Gasteiger partial charge is 0.416 e. The van der Waals surface area contributed by atoms with E-state index in [1.165, 1.54) is 0 Å². The Labute approximate surface area is 86.1 Å². The topological polar surface area (TPSA) is 3.24 Å². The van der Waals surface area contributed by atoms with E-state index in [1.54, 1.807) is 0 Å². The predicted octanol–water partition coefficient (Wildman–Crippen LogP) is 3.05. The van der Waals surface area contributed by atoms with Gasteiger partial charge in [0.05, 0.1) is 5.57 Å². The Balaban J connectivity index is 2.59. The van der Waals surface area contributed by atoms with E-state index in [0.29, 0.717) is 25.9 Å². The maximum absolute atomic E-state index is 13.4. The molecule has 0 radical (unpaired) electrons. The molecule has 0 saturated carbocycles. The van der Waals surface area contributed by atoms with Gasteiger partial charge in [0.2, 0.25) is 0 Å². The molecule has 0 amide bonds. The van der Waals surface area contributed by atoms with Gasteiger partial charge in [-0.2, -0.15) is 13.2 Å². The predicted molar refractivity (Wildman–Crippen MR) is 50.0 cm³/mol. The van der Waals surface area contributed by atoms with Gasteiger partial charge in [0, 0.05) is 13.1 Å². The number of alkyl halides is 4. The SMILES string of the molecule is C=C(C(F)N1CCC=CCC1)C(F)(F)F. The quantitative estimate of drug-likeness (QED) is 0.395. The van der Waals surface area contributed by atoms with Crippen LogP contribution in [0.4, 0.5) is 17.6 Å². The van der Waals surface area contributed by atoms with Crippen LogP contribution < -0.4 is 0 Å². The van der Waals surface area contributed by atoms with Crippen molar-refractivity contribution in [2.45, 2.75) is 25.3 Å². The average molecular weight is 223 g/mol. The lowest BCUT2D eigenvalue weighted by Gasteiger charge is -2.26. The Bertz CT molecular complexity index is 247. The first-order valence-electron chi connectivity index (χ1n) is 4.72. The summed E-state index contributed by atoms with van der Waals surface area (Å²) in [5.74, 6) is 0. The highest BCUT2D eigenvalue weighted by Gasteiger charge is 2.39. The maximum atomic E-state index is 13.4. The van der Waals surface area contributed by atoms with Crippen LogP contribution in [0.25, 0.3) is 0 Å². The maximum Gasteiger partial charge on any atom is 0.416 e. The lowest BCUT2D eigenvalue weighted by atomic mass is 10.2. The molecule has 5 heteroatoms. The molecule has 0 saturated heterocycles. The fourth-order valence-electron chi connectivity index (χ4n) is 1.41. The third-order valence-corrected chi connectivity index (χ3v) is 2.30. The zero-order valence-electron chi connectivity index (χ0n) is 8.23. The Morgan fingerprint density at radius 2 is 1.67 bits per heavy atom. The monoisotopic (exact) mass is 223 g/mol. The summed E-state index contributed by atoms with van der Waals surface area (Å²) in [6.45, 7) is 3.37. The molecule has 0 aromatic rings. The van der Waals surface area contributed by atoms with Crippen molar-refractivity contribution in [3.05, 3.63) is 24.3 Å². The van der Waals surface area contributed by atoms with Gasteiger partial charge in [-0.3, -0.25) is 4.90 Å². The summed E-state index contributed by atoms with van der Waals surface area (Å²) in [6, 6.07) is 0. The van der Waals surface area contributed by atoms with Gasteiger partial charge in [-0.1, -0.05) is 18.7 Å². The highest BCUT2D eigenvalue weighted by Crippen LogP contribution is 2.30. The van der Waals surface area contributed by atoms with Crippen LogP contribution in [0.2, 0.25) is 0 Å². The number of nitrogens with zero attached hydrogens (tertiary/aromatic N) is 1. The van der Waals surface area contributed by atoms with Crippen molar-refractivity contribution < 1.29 is 17.6 Å². The number of halogens is 4. The molecule has 15 heavy (non-hydrogen) atoms. The van der Waals surface area contributed by atoms with Gasteiger partial charge < -0.3 is 0 Å². The summed E-state index contributed by atoms with van der Waals surface area (Å²) >= 11 is 0. The van der Waals surface area contributed by atoms with E-state index in [1.807, 2.05) is 12.2 Å². The summed E-state index contributed by atoms with van der Waals surface area (Å²) in [5, 5.41) is 0. The Morgan fingerprint density at radius 3 is 2.07 bits per heavy atom. The zero-order chi connectivity index (χ0) is 11.5. The van der Waals surface area contributed by atoms with E-state index < -0.39 is 18.0 Å². The zero-order valence-corrected chi connectivity index (χ0v) is 8.23. The molecule has 0 bridgehead atoms. The molecule has 1 heterocycles. The first-order chi connectivity index (χ1) is 6.93. The van der Waals surface area contributed by atoms with Crippen molar-refractivity contribution in [2.24, 2.45) is 0 Å². The van der Waals surface area contributed by atoms with Gasteiger partial charge in [0.15, 0.2) is 6.30 Å². The van der Waals surface area contributed by atoms with Gasteiger partial charge in [-0.05, 0) is 12.8 Å². The smallest absolute Gasteiger partial charge is 0.270 e. The standard InChI is InChI=1S/C10H13F4N/c1-8(10(12,13)14)9(11)15-6-4-2-3-5-7-15/h2-3,9H,1,4-7H2. The van der Waals surface area contributed by atoms with Crippen LogP contribution in [-0.2, 0) is 0 Å². The van der Waals surface area contributed by atoms with Gasteiger partial charge in [0.25, 0.3) is 0 Å². The van der Waals surface area contributed by atoms with Crippen molar-refractivity contribution in [3.8, 4) is 0 Å². The third kappa shape index (κ3) is 3.34. The molecule has 1 atom stereocenters. The average Bonchev–Trinajstić information content (AvgIpc) is 2.42. The number of hydrogen-bond donors (Lipinski definition) is 0. The molecular formula is C10H13F4N. The van der Waals surface area contributed by atoms with Crippen LogP contribution in [0.15, 0.2) is 24.3 Å². The summed E-state index contributed by atoms with van der Waals surface area (Å²) in [6.07, 6.45) is -1.92. The lowest BCUT2D eigenvalue weighted by molar-refractivity contribution is -0.110. The van der Waals surface area contributed by atoms with Gasteiger partial charge in [-0.25, -0.2) is 4.39 Å². The summed E-state index contributed by atoms with van der Waals surface area (Å²) in [7, 11) is 0. The molecule has 0 aromatic carbocycles. The summed E-state index contributed by atoms with van der Waals surface area (Å²) in [5.41, 5.74) is -1.32. The van der Waals surface area contributed by atoms with E-state index in [4.69, 9.17) is 0 Å². The van der Waals surface area contributed by atoms with Gasteiger partial charge in [-0.15, -0.1) is 0 Å². The van der Waals surface area contributed by atoms with Crippen LogP contribution in [0, 0.1) is 0 Å². The first kappa shape index (κ1) is 12.2. The van der Waals surface area contributed by atoms with E-state index in [2.05, 4.69) is 6.58 Å². The Morgan fingerprint density at radius 1 is 1.20 bits per heavy atom. The van der Waals surface area contributed by atoms with E-state index in [0.717, 1.165) is 4.90 Å². The third-order valence-electron chi connectivity index (χ3n) is 2.30. The molecule has 0 N–H and O–H groups in total. The van der Waals surface area contributed by atoms with Crippen LogP contribution in [0.5, 0.6) is 0 Å². The molecule has 1 nitrogen and oxygen atoms in total. The van der Waals surface area contributed by atoms with Crippen LogP contribution >= 0.6 is 0 Å². The van der Waals surface area contributed by atoms with Crippen molar-refractivity contribution >= 4 is 0 Å². The van der Waals surface area contributed by atoms with Crippen LogP contribution in [0.3, 0.4) is 0 Å². The van der Waals surface area contributed by atoms with E-state index in [9.17, 15) is 17.6 Å². The molecule has 0 aliphatic carbocycles. The highest BCUT2D eigenvalue weighted by atomic mass is 19.4. The fraction of sp³-hybridized carbons (Fsp3) is 0.600. The van der Waals surface area contributed by atoms with Gasteiger partial charge in [0.1, 0.15) is 0 Å². The van der Waals surface area contributed by atoms with Crippen molar-refractivity contribution in [1.29, 1.82) is 0 Å². The minimum atomic E-state index is -4.65. The molecule has 0 aromatic heterocycles. The molecule has 1 aliphatic rings. The van der Waals surface area contributed by atoms with Crippen molar-refractivity contribution in [3.63, 3.8) is 0 Å². The molecule has 1 aliphatic heterocycles. The molecule has 86 valence electrons. The Kier molecular flexibility index (Phi) is 3.90. The second-order valence-electron chi connectivity index (χ2n) is 3.44. The Hall–Kier alpha value is -0.840. The number of rotatable bonds is 2. The van der Waals surface area contributed by atoms with Crippen molar-refractivity contribution in [2.75, 3.05) is 13.1 Å². The van der Waals surface area contributed by atoms with Crippen LogP contribution in [0.1, 0.15) is 12.8 Å². The summed E-state index contributed by atoms with van der Waals surface area (Å²) in [4.78, 5) is 1.16. The molecule has 1 rings (SSSR count). The highest BCUT2D eigenvalue weighted by molar-refractivity contribution is 5.09. The van der Waals surface area contributed by atoms with Crippen molar-refractivity contribution in [1.82, 2.24) is 4.90 Å². The first-order valence-corrected chi connectivity index (χ1v) is 4.72. The van der Waals surface area contributed by atoms with Gasteiger partial charge >= 0.3 is 6.18 Å². The molecule has 0 fully saturated rings. The molecular weight excluding hydrogens is 210 g/mol. The van der Waals surface area contributed by atoms with E-state index in [-0.39, 0.29) is 0 Å². The minimum Gasteiger partial charge on any atom is -0.270 e. The lowest BCUT2D eigenvalue weighted by Crippen LogP contribution is -2.38. The molecule has 1 unspecified atom stereocenters. The second-order valence-corrected chi connectivity index (χ2v) is 3.44. The fourth-order valence-corrected chi connectivity index (χ4v) is 1.41. The number of hydrogen-bond acceptors (Lipinski definition) is 1. The molecule has 0 spiro atoms. The van der Waals surface area contributed by atoms with Crippen LogP contribution in [-0.4, -0.2) is 30.5 Å². The normalized spacial score (nSPS) is 21.1. The van der Waals surface area contributed by atoms with E-state index >= 15 is 0 Å². The minimum absolute atomic E-state index is 0.298. The second kappa shape index (κ2) is 4.79.